The maximum atomic E-state index is 9.23. The summed E-state index contributed by atoms with van der Waals surface area (Å²) in [5, 5.41) is 20.4. The topological polar surface area (TPSA) is 72.0 Å². The van der Waals surface area contributed by atoms with Crippen LogP contribution in [0.25, 0.3) is 21.8 Å². The summed E-state index contributed by atoms with van der Waals surface area (Å²) in [5.74, 6) is 0.609. The van der Waals surface area contributed by atoms with Gasteiger partial charge in [0.25, 0.3) is 0 Å². The van der Waals surface area contributed by atoms with E-state index in [0.717, 1.165) is 21.8 Å². The lowest BCUT2D eigenvalue weighted by molar-refractivity contribution is 0.476. The molecule has 0 spiro atoms. The summed E-state index contributed by atoms with van der Waals surface area (Å²) in [6, 6.07) is 14.6. The largest absolute Gasteiger partial charge is 0.508 e. The Morgan fingerprint density at radius 2 is 1.55 bits per heavy atom. The van der Waals surface area contributed by atoms with E-state index in [9.17, 15) is 5.11 Å². The van der Waals surface area contributed by atoms with E-state index in [1.807, 2.05) is 42.7 Å². The molecular formula is C16H14N2O2. The zero-order chi connectivity index (χ0) is 13.9. The minimum absolute atomic E-state index is 0.301. The number of nitrogens with one attached hydrogen (secondary N) is 2. The zero-order valence-corrected chi connectivity index (χ0v) is 10.7. The Morgan fingerprint density at radius 1 is 0.750 bits per heavy atom. The summed E-state index contributed by atoms with van der Waals surface area (Å²) in [7, 11) is 0. The number of para-hydroxylation sites is 1. The molecule has 20 heavy (non-hydrogen) atoms. The number of phenolic OH excluding ortho intramolecular Hbond substituents is 2. The summed E-state index contributed by atoms with van der Waals surface area (Å²) in [5.41, 5.74) is 1.78. The standard InChI is InChI=1S/2C8H7NO/c10-7-2-1-6-3-4-9-8(6)5-7;10-7-3-1-2-6-4-5-9-8(6)7/h2*1-5,9-10H. The number of H-pyrrole nitrogens is 2. The average Bonchev–Trinajstić information content (AvgIpc) is 3.07. The first-order valence-corrected chi connectivity index (χ1v) is 6.25. The second-order valence-electron chi connectivity index (χ2n) is 4.47. The molecule has 2 heterocycles. The third-order valence-electron chi connectivity index (χ3n) is 3.10. The number of phenols is 2. The molecule has 0 atom stereocenters. The van der Waals surface area contributed by atoms with Gasteiger partial charge in [0.05, 0.1) is 5.52 Å². The molecule has 4 heteroatoms. The number of hydrogen-bond donors (Lipinski definition) is 4. The third-order valence-corrected chi connectivity index (χ3v) is 3.10. The van der Waals surface area contributed by atoms with Crippen LogP contribution in [0.2, 0.25) is 0 Å². The summed E-state index contributed by atoms with van der Waals surface area (Å²) in [6.45, 7) is 0. The van der Waals surface area contributed by atoms with Gasteiger partial charge in [-0.05, 0) is 35.7 Å². The number of benzene rings is 2. The third kappa shape index (κ3) is 2.31. The normalized spacial score (nSPS) is 10.4. The zero-order valence-electron chi connectivity index (χ0n) is 10.7. The second-order valence-corrected chi connectivity index (χ2v) is 4.47. The lowest BCUT2D eigenvalue weighted by atomic mass is 10.2. The number of hydrogen-bond acceptors (Lipinski definition) is 2. The predicted octanol–water partition coefficient (Wildman–Crippen LogP) is 3.75. The summed E-state index contributed by atoms with van der Waals surface area (Å²) in [6.07, 6.45) is 3.66. The number of fused-ring (bicyclic) bond motifs is 2. The van der Waals surface area contributed by atoms with Crippen molar-refractivity contribution in [1.29, 1.82) is 0 Å². The fourth-order valence-corrected chi connectivity index (χ4v) is 2.10. The van der Waals surface area contributed by atoms with Gasteiger partial charge in [-0.3, -0.25) is 0 Å². The van der Waals surface area contributed by atoms with Crippen LogP contribution in [0.3, 0.4) is 0 Å². The molecule has 0 saturated carbocycles. The van der Waals surface area contributed by atoms with Crippen LogP contribution in [0.1, 0.15) is 0 Å². The summed E-state index contributed by atoms with van der Waals surface area (Å²) >= 11 is 0. The minimum atomic E-state index is 0.301. The van der Waals surface area contributed by atoms with Crippen molar-refractivity contribution in [2.24, 2.45) is 0 Å². The Hall–Kier alpha value is -2.88. The Balaban J connectivity index is 0.000000121. The van der Waals surface area contributed by atoms with E-state index in [4.69, 9.17) is 5.11 Å². The number of aromatic nitrogens is 2. The number of aromatic amines is 2. The minimum Gasteiger partial charge on any atom is -0.508 e. The van der Waals surface area contributed by atoms with Crippen molar-refractivity contribution in [2.75, 3.05) is 0 Å². The molecule has 4 N–H and O–H groups in total. The van der Waals surface area contributed by atoms with Gasteiger partial charge in [-0.1, -0.05) is 12.1 Å². The highest BCUT2D eigenvalue weighted by Gasteiger charge is 1.96. The Kier molecular flexibility index (Phi) is 3.05. The lowest BCUT2D eigenvalue weighted by Crippen LogP contribution is -1.67. The molecule has 0 fully saturated rings. The van der Waals surface area contributed by atoms with Crippen molar-refractivity contribution in [3.63, 3.8) is 0 Å². The van der Waals surface area contributed by atoms with E-state index in [1.165, 1.54) is 0 Å². The van der Waals surface area contributed by atoms with E-state index in [2.05, 4.69) is 9.97 Å². The van der Waals surface area contributed by atoms with Crippen molar-refractivity contribution in [3.05, 3.63) is 60.9 Å². The van der Waals surface area contributed by atoms with Gasteiger partial charge in [0.1, 0.15) is 11.5 Å². The van der Waals surface area contributed by atoms with E-state index in [1.54, 1.807) is 18.2 Å². The van der Waals surface area contributed by atoms with Crippen LogP contribution in [0.5, 0.6) is 11.5 Å². The van der Waals surface area contributed by atoms with Gasteiger partial charge in [0, 0.05) is 29.4 Å². The molecule has 0 aliphatic heterocycles. The fourth-order valence-electron chi connectivity index (χ4n) is 2.10. The molecule has 0 saturated heterocycles. The van der Waals surface area contributed by atoms with Crippen molar-refractivity contribution in [1.82, 2.24) is 9.97 Å². The SMILES string of the molecule is Oc1ccc2cc[nH]c2c1.Oc1cccc2cc[nH]c12. The number of rotatable bonds is 0. The van der Waals surface area contributed by atoms with Crippen molar-refractivity contribution in [2.45, 2.75) is 0 Å². The van der Waals surface area contributed by atoms with Gasteiger partial charge in [-0.2, -0.15) is 0 Å². The van der Waals surface area contributed by atoms with Gasteiger partial charge < -0.3 is 20.2 Å². The molecule has 4 aromatic rings. The molecule has 2 aromatic heterocycles. The molecule has 0 aliphatic carbocycles. The summed E-state index contributed by atoms with van der Waals surface area (Å²) < 4.78 is 0. The lowest BCUT2D eigenvalue weighted by Gasteiger charge is -1.91. The Bertz CT molecular complexity index is 845. The van der Waals surface area contributed by atoms with E-state index < -0.39 is 0 Å². The first-order valence-electron chi connectivity index (χ1n) is 6.25. The van der Waals surface area contributed by atoms with Crippen LogP contribution < -0.4 is 0 Å². The first-order chi connectivity index (χ1) is 9.74. The number of aromatic hydroxyl groups is 2. The van der Waals surface area contributed by atoms with Crippen molar-refractivity contribution < 1.29 is 10.2 Å². The quantitative estimate of drug-likeness (QED) is 0.391. The maximum Gasteiger partial charge on any atom is 0.139 e. The van der Waals surface area contributed by atoms with Gasteiger partial charge >= 0.3 is 0 Å². The molecule has 0 unspecified atom stereocenters. The highest BCUT2D eigenvalue weighted by molar-refractivity contribution is 5.84. The molecule has 0 amide bonds. The molecule has 2 aromatic carbocycles. The first kappa shape index (κ1) is 12.2. The predicted molar refractivity (Wildman–Crippen MR) is 79.9 cm³/mol. The summed E-state index contributed by atoms with van der Waals surface area (Å²) in [4.78, 5) is 5.94. The molecule has 100 valence electrons. The van der Waals surface area contributed by atoms with Crippen molar-refractivity contribution in [3.8, 4) is 11.5 Å². The molecule has 0 aliphatic rings. The molecule has 0 bridgehead atoms. The van der Waals surface area contributed by atoms with Crippen LogP contribution >= 0.6 is 0 Å². The van der Waals surface area contributed by atoms with E-state index >= 15 is 0 Å². The van der Waals surface area contributed by atoms with Gasteiger partial charge in [0.2, 0.25) is 0 Å². The maximum absolute atomic E-state index is 9.23. The molecule has 4 rings (SSSR count). The van der Waals surface area contributed by atoms with Crippen LogP contribution in [-0.2, 0) is 0 Å². The Morgan fingerprint density at radius 3 is 2.40 bits per heavy atom. The van der Waals surface area contributed by atoms with Crippen LogP contribution in [0, 0.1) is 0 Å². The van der Waals surface area contributed by atoms with Crippen molar-refractivity contribution >= 4 is 21.8 Å². The van der Waals surface area contributed by atoms with Crippen LogP contribution in [0.4, 0.5) is 0 Å². The van der Waals surface area contributed by atoms with Gasteiger partial charge in [0.15, 0.2) is 0 Å². The van der Waals surface area contributed by atoms with E-state index in [-0.39, 0.29) is 0 Å². The highest BCUT2D eigenvalue weighted by atomic mass is 16.3. The van der Waals surface area contributed by atoms with Crippen LogP contribution in [0.15, 0.2) is 60.9 Å². The monoisotopic (exact) mass is 266 g/mol. The second kappa shape index (κ2) is 5.01. The fraction of sp³-hybridized carbons (Fsp3) is 0. The molecule has 0 radical (unpaired) electrons. The van der Waals surface area contributed by atoms with E-state index in [0.29, 0.717) is 11.5 Å². The highest BCUT2D eigenvalue weighted by Crippen LogP contribution is 2.21. The van der Waals surface area contributed by atoms with Gasteiger partial charge in [-0.15, -0.1) is 0 Å². The smallest absolute Gasteiger partial charge is 0.139 e. The van der Waals surface area contributed by atoms with Gasteiger partial charge in [-0.25, -0.2) is 0 Å². The molecule has 4 nitrogen and oxygen atoms in total. The Labute approximate surface area is 115 Å². The average molecular weight is 266 g/mol. The molecular weight excluding hydrogens is 252 g/mol. The van der Waals surface area contributed by atoms with Crippen LogP contribution in [-0.4, -0.2) is 20.2 Å².